The van der Waals surface area contributed by atoms with Gasteiger partial charge in [-0.15, -0.1) is 0 Å². The molecule has 30 heavy (non-hydrogen) atoms. The molecule has 1 fully saturated rings. The first kappa shape index (κ1) is 21.2. The molecule has 2 N–H and O–H groups in total. The van der Waals surface area contributed by atoms with Crippen molar-refractivity contribution in [2.45, 2.75) is 12.8 Å². The zero-order valence-corrected chi connectivity index (χ0v) is 16.1. The number of para-hydroxylation sites is 1. The van der Waals surface area contributed by atoms with Crippen molar-refractivity contribution >= 4 is 23.6 Å². The van der Waals surface area contributed by atoms with Crippen LogP contribution in [0, 0.1) is 17.6 Å². The Morgan fingerprint density at radius 2 is 1.70 bits per heavy atom. The Morgan fingerprint density at radius 1 is 1.00 bits per heavy atom. The number of amides is 3. The molecular formula is C21H21F2N3O4. The molecule has 3 amide bonds. The number of rotatable bonds is 4. The largest absolute Gasteiger partial charge is 0.415 e. The predicted octanol–water partition coefficient (Wildman–Crippen LogP) is 2.93. The van der Waals surface area contributed by atoms with Crippen LogP contribution in [0.1, 0.15) is 12.8 Å². The van der Waals surface area contributed by atoms with Crippen LogP contribution in [0.5, 0.6) is 5.75 Å². The Labute approximate surface area is 172 Å². The fourth-order valence-electron chi connectivity index (χ4n) is 3.06. The highest BCUT2D eigenvalue weighted by Crippen LogP contribution is 2.19. The molecular weight excluding hydrogens is 396 g/mol. The van der Waals surface area contributed by atoms with Gasteiger partial charge in [-0.2, -0.15) is 0 Å². The molecule has 2 aromatic rings. The summed E-state index contributed by atoms with van der Waals surface area (Å²) in [4.78, 5) is 37.6. The Kier molecular flexibility index (Phi) is 6.95. The summed E-state index contributed by atoms with van der Waals surface area (Å²) in [5.41, 5.74) is -0.402. The second-order valence-electron chi connectivity index (χ2n) is 6.90. The lowest BCUT2D eigenvalue weighted by atomic mass is 9.97. The molecule has 0 saturated carbocycles. The van der Waals surface area contributed by atoms with E-state index in [-0.39, 0.29) is 12.5 Å². The summed E-state index contributed by atoms with van der Waals surface area (Å²) >= 11 is 0. The van der Waals surface area contributed by atoms with Crippen LogP contribution in [0.4, 0.5) is 19.3 Å². The summed E-state index contributed by atoms with van der Waals surface area (Å²) in [7, 11) is 0. The van der Waals surface area contributed by atoms with Gasteiger partial charge in [0.25, 0.3) is 0 Å². The van der Waals surface area contributed by atoms with Crippen molar-refractivity contribution in [3.63, 3.8) is 0 Å². The monoisotopic (exact) mass is 417 g/mol. The molecule has 0 aliphatic carbocycles. The zero-order valence-electron chi connectivity index (χ0n) is 16.1. The van der Waals surface area contributed by atoms with Gasteiger partial charge in [0, 0.05) is 25.7 Å². The van der Waals surface area contributed by atoms with Crippen LogP contribution in [-0.4, -0.2) is 42.4 Å². The fraction of sp³-hybridized carbons (Fsp3) is 0.286. The summed E-state index contributed by atoms with van der Waals surface area (Å²) in [5.74, 6) is -3.05. The van der Waals surface area contributed by atoms with Gasteiger partial charge in [0.15, 0.2) is 0 Å². The lowest BCUT2D eigenvalue weighted by Crippen LogP contribution is -2.44. The first-order valence-corrected chi connectivity index (χ1v) is 9.48. The number of carbonyl (C=O) groups excluding carboxylic acids is 3. The van der Waals surface area contributed by atoms with Crippen molar-refractivity contribution in [3.05, 3.63) is 60.2 Å². The summed E-state index contributed by atoms with van der Waals surface area (Å²) in [5, 5.41) is 4.54. The molecule has 3 rings (SSSR count). The van der Waals surface area contributed by atoms with E-state index in [1.807, 2.05) is 11.4 Å². The molecule has 1 saturated heterocycles. The number of benzene rings is 2. The normalized spacial score (nSPS) is 14.1. The molecule has 158 valence electrons. The lowest BCUT2D eigenvalue weighted by molar-refractivity contribution is -0.136. The second-order valence-corrected chi connectivity index (χ2v) is 6.90. The van der Waals surface area contributed by atoms with Crippen molar-refractivity contribution in [2.75, 3.05) is 25.0 Å². The maximum atomic E-state index is 13.6. The number of nitrogens with zero attached hydrogens (tertiary/aromatic N) is 1. The van der Waals surface area contributed by atoms with E-state index in [1.54, 1.807) is 29.2 Å². The Morgan fingerprint density at radius 3 is 2.40 bits per heavy atom. The van der Waals surface area contributed by atoms with E-state index < -0.39 is 35.2 Å². The zero-order chi connectivity index (χ0) is 21.5. The third-order valence-corrected chi connectivity index (χ3v) is 4.76. The maximum absolute atomic E-state index is 13.6. The highest BCUT2D eigenvalue weighted by molar-refractivity contribution is 6.39. The maximum Gasteiger partial charge on any atom is 0.415 e. The predicted molar refractivity (Wildman–Crippen MR) is 105 cm³/mol. The average molecular weight is 417 g/mol. The van der Waals surface area contributed by atoms with Gasteiger partial charge in [-0.1, -0.05) is 18.2 Å². The Balaban J connectivity index is 1.40. The highest BCUT2D eigenvalue weighted by Gasteiger charge is 2.25. The molecule has 7 nitrogen and oxygen atoms in total. The van der Waals surface area contributed by atoms with Crippen LogP contribution in [0.2, 0.25) is 0 Å². The molecule has 0 radical (unpaired) electrons. The average Bonchev–Trinajstić information content (AvgIpc) is 2.75. The standard InChI is InChI=1S/C21H21F2N3O4/c22-15-6-7-17(23)18(12-15)25-20(28)19(27)24-13-14-8-10-26(11-9-14)21(29)30-16-4-2-1-3-5-16/h1-7,12,14H,8-11,13H2,(H,24,27)(H,25,28). The van der Waals surface area contributed by atoms with Crippen molar-refractivity contribution in [3.8, 4) is 5.75 Å². The molecule has 2 aromatic carbocycles. The van der Waals surface area contributed by atoms with E-state index >= 15 is 0 Å². The van der Waals surface area contributed by atoms with E-state index in [9.17, 15) is 23.2 Å². The number of halogens is 2. The number of hydrogen-bond donors (Lipinski definition) is 2. The summed E-state index contributed by atoms with van der Waals surface area (Å²) in [6.07, 6.45) is 0.828. The minimum atomic E-state index is -1.08. The number of nitrogens with one attached hydrogen (secondary N) is 2. The van der Waals surface area contributed by atoms with Gasteiger partial charge in [0.1, 0.15) is 17.4 Å². The number of carbonyl (C=O) groups is 3. The van der Waals surface area contributed by atoms with Crippen LogP contribution in [0.15, 0.2) is 48.5 Å². The number of anilines is 1. The van der Waals surface area contributed by atoms with E-state index in [4.69, 9.17) is 4.74 Å². The SMILES string of the molecule is O=C(NCC1CCN(C(=O)Oc2ccccc2)CC1)C(=O)Nc1cc(F)ccc1F. The van der Waals surface area contributed by atoms with Crippen LogP contribution >= 0.6 is 0 Å². The van der Waals surface area contributed by atoms with Crippen LogP contribution < -0.4 is 15.4 Å². The lowest BCUT2D eigenvalue weighted by Gasteiger charge is -2.31. The number of hydrogen-bond acceptors (Lipinski definition) is 4. The molecule has 0 bridgehead atoms. The quantitative estimate of drug-likeness (QED) is 0.749. The van der Waals surface area contributed by atoms with Crippen molar-refractivity contribution in [1.29, 1.82) is 0 Å². The van der Waals surface area contributed by atoms with Gasteiger partial charge >= 0.3 is 17.9 Å². The Bertz CT molecular complexity index is 916. The first-order chi connectivity index (χ1) is 14.4. The highest BCUT2D eigenvalue weighted by atomic mass is 19.1. The third kappa shape index (κ3) is 5.76. The van der Waals surface area contributed by atoms with E-state index in [0.29, 0.717) is 31.7 Å². The van der Waals surface area contributed by atoms with E-state index in [2.05, 4.69) is 5.32 Å². The molecule has 1 aliphatic heterocycles. The fourth-order valence-corrected chi connectivity index (χ4v) is 3.06. The minimum Gasteiger partial charge on any atom is -0.410 e. The van der Waals surface area contributed by atoms with Crippen molar-refractivity contribution < 1.29 is 27.9 Å². The second kappa shape index (κ2) is 9.82. The van der Waals surface area contributed by atoms with Crippen molar-refractivity contribution in [2.24, 2.45) is 5.92 Å². The van der Waals surface area contributed by atoms with Gasteiger partial charge in [0.2, 0.25) is 0 Å². The van der Waals surface area contributed by atoms with Gasteiger partial charge in [-0.25, -0.2) is 13.6 Å². The van der Waals surface area contributed by atoms with Crippen molar-refractivity contribution in [1.82, 2.24) is 10.2 Å². The molecule has 9 heteroatoms. The smallest absolute Gasteiger partial charge is 0.410 e. The molecule has 1 aliphatic rings. The summed E-state index contributed by atoms with van der Waals surface area (Å²) in [6, 6.07) is 11.3. The summed E-state index contributed by atoms with van der Waals surface area (Å²) < 4.78 is 32.0. The van der Waals surface area contributed by atoms with Gasteiger partial charge in [-0.3, -0.25) is 9.59 Å². The number of piperidine rings is 1. The van der Waals surface area contributed by atoms with Gasteiger partial charge in [-0.05, 0) is 43.0 Å². The van der Waals surface area contributed by atoms with Crippen LogP contribution in [0.3, 0.4) is 0 Å². The van der Waals surface area contributed by atoms with Crippen LogP contribution in [0.25, 0.3) is 0 Å². The molecule has 0 spiro atoms. The minimum absolute atomic E-state index is 0.0773. The summed E-state index contributed by atoms with van der Waals surface area (Å²) in [6.45, 7) is 1.17. The van der Waals surface area contributed by atoms with E-state index in [0.717, 1.165) is 18.2 Å². The Hall–Kier alpha value is -3.49. The molecule has 1 heterocycles. The first-order valence-electron chi connectivity index (χ1n) is 9.48. The van der Waals surface area contributed by atoms with Crippen LogP contribution in [-0.2, 0) is 9.59 Å². The van der Waals surface area contributed by atoms with E-state index in [1.165, 1.54) is 0 Å². The number of ether oxygens (including phenoxy) is 1. The number of likely N-dealkylation sites (tertiary alicyclic amines) is 1. The molecule has 0 unspecified atom stereocenters. The molecule has 0 aromatic heterocycles. The van der Waals surface area contributed by atoms with Gasteiger partial charge < -0.3 is 20.3 Å². The molecule has 0 atom stereocenters. The van der Waals surface area contributed by atoms with Gasteiger partial charge in [0.05, 0.1) is 5.69 Å². The topological polar surface area (TPSA) is 87.7 Å². The third-order valence-electron chi connectivity index (χ3n) is 4.76.